The van der Waals surface area contributed by atoms with Gasteiger partial charge in [-0.05, 0) is 0 Å². The Balaban J connectivity index is 3.04. The van der Waals surface area contributed by atoms with Gasteiger partial charge < -0.3 is 0 Å². The van der Waals surface area contributed by atoms with Crippen LogP contribution in [0.1, 0.15) is 45.8 Å². The van der Waals surface area contributed by atoms with Crippen molar-refractivity contribution < 1.29 is 37.9 Å². The van der Waals surface area contributed by atoms with Gasteiger partial charge in [-0.1, -0.05) is 0 Å². The third-order valence-electron chi connectivity index (χ3n) is 3.81. The summed E-state index contributed by atoms with van der Waals surface area (Å²) in [5, 5.41) is 21.4. The van der Waals surface area contributed by atoms with Gasteiger partial charge in [-0.3, -0.25) is 0 Å². The number of aliphatic hydroxyl groups is 1. The first-order valence-corrected chi connectivity index (χ1v) is 12.6. The first-order valence-electron chi connectivity index (χ1n) is 9.76. The number of hydrogen-bond donors (Lipinski definition) is 1. The Morgan fingerprint density at radius 1 is 1.13 bits per heavy atom. The van der Waals surface area contributed by atoms with Gasteiger partial charge in [-0.25, -0.2) is 0 Å². The van der Waals surface area contributed by atoms with E-state index >= 15 is 0 Å². The first kappa shape index (κ1) is 28.2. The molecule has 0 aliphatic rings. The molecule has 0 aliphatic carbocycles. The Labute approximate surface area is 191 Å². The minimum atomic E-state index is -3.60. The SMILES string of the molecule is COCO[C@@H]([SeH])C(CC(O)c1ccccc1[N+](=O)[O-])OCP(=O)(OC(C)C)OC(C)C. The number of nitro benzene ring substituents is 1. The van der Waals surface area contributed by atoms with Crippen molar-refractivity contribution in [1.82, 2.24) is 0 Å². The summed E-state index contributed by atoms with van der Waals surface area (Å²) in [6.07, 6.45) is -3.17. The molecule has 1 aromatic rings. The molecule has 12 heteroatoms. The van der Waals surface area contributed by atoms with Crippen LogP contribution >= 0.6 is 7.60 Å². The molecule has 3 atom stereocenters. The number of benzene rings is 1. The van der Waals surface area contributed by atoms with Gasteiger partial charge in [0, 0.05) is 0 Å². The standard InChI is InChI=1S/C19H32NO9PSe/c1-13(2)28-30(24,29-14(3)4)12-27-18(19(31)26-11-25-5)10-17(21)15-8-6-7-9-16(15)20(22)23/h6-9,13-14,17-19,21,31H,10-12H2,1-5H3/t17?,18?,19-/m0/s1. The summed E-state index contributed by atoms with van der Waals surface area (Å²) in [4.78, 5) is 10.7. The summed E-state index contributed by atoms with van der Waals surface area (Å²) in [6.45, 7) is 6.88. The summed E-state index contributed by atoms with van der Waals surface area (Å²) in [5.74, 6) is 0. The molecule has 178 valence electrons. The summed E-state index contributed by atoms with van der Waals surface area (Å²) < 4.78 is 40.3. The minimum absolute atomic E-state index is 0.0382. The zero-order valence-corrected chi connectivity index (χ0v) is 21.1. The Hall–Kier alpha value is -0.871. The molecule has 31 heavy (non-hydrogen) atoms. The van der Waals surface area contributed by atoms with Gasteiger partial charge in [-0.15, -0.1) is 0 Å². The number of para-hydroxylation sites is 1. The van der Waals surface area contributed by atoms with Gasteiger partial charge in [0.1, 0.15) is 0 Å². The average Bonchev–Trinajstić information content (AvgIpc) is 2.67. The second-order valence-corrected chi connectivity index (χ2v) is 10.3. The average molecular weight is 528 g/mol. The molecule has 0 aliphatic heterocycles. The van der Waals surface area contributed by atoms with Crippen LogP contribution in [0.4, 0.5) is 5.69 Å². The molecule has 0 amide bonds. The van der Waals surface area contributed by atoms with Crippen LogP contribution in [0.15, 0.2) is 24.3 Å². The van der Waals surface area contributed by atoms with Crippen LogP contribution in [0, 0.1) is 10.1 Å². The molecule has 1 aromatic carbocycles. The van der Waals surface area contributed by atoms with Crippen molar-refractivity contribution in [2.24, 2.45) is 0 Å². The predicted octanol–water partition coefficient (Wildman–Crippen LogP) is 3.25. The molecule has 0 aromatic heterocycles. The molecular weight excluding hydrogens is 496 g/mol. The molecular formula is C19H32NO9PSe. The van der Waals surface area contributed by atoms with Crippen LogP contribution in [0.2, 0.25) is 0 Å². The molecule has 0 radical (unpaired) electrons. The van der Waals surface area contributed by atoms with E-state index in [1.807, 2.05) is 0 Å². The summed E-state index contributed by atoms with van der Waals surface area (Å²) in [5.41, 5.74) is -0.0572. The van der Waals surface area contributed by atoms with Crippen LogP contribution in [-0.2, 0) is 27.8 Å². The second kappa shape index (κ2) is 13.6. The van der Waals surface area contributed by atoms with Gasteiger partial charge in [0.25, 0.3) is 0 Å². The maximum absolute atomic E-state index is 13.1. The molecule has 0 saturated heterocycles. The molecule has 0 heterocycles. The fourth-order valence-corrected chi connectivity index (χ4v) is 5.10. The normalized spacial score (nSPS) is 15.3. The number of hydrogen-bond acceptors (Lipinski definition) is 9. The van der Waals surface area contributed by atoms with E-state index in [1.165, 1.54) is 25.3 Å². The number of nitrogens with zero attached hydrogens (tertiary/aromatic N) is 1. The summed E-state index contributed by atoms with van der Waals surface area (Å²) >= 11 is 2.24. The van der Waals surface area contributed by atoms with Crippen molar-refractivity contribution in [3.63, 3.8) is 0 Å². The summed E-state index contributed by atoms with van der Waals surface area (Å²) in [7, 11) is -2.14. The van der Waals surface area contributed by atoms with Gasteiger partial charge in [0.05, 0.1) is 0 Å². The van der Waals surface area contributed by atoms with E-state index < -0.39 is 29.7 Å². The molecule has 0 spiro atoms. The monoisotopic (exact) mass is 529 g/mol. The topological polar surface area (TPSA) is 127 Å². The van der Waals surface area contributed by atoms with E-state index in [9.17, 15) is 19.8 Å². The Morgan fingerprint density at radius 2 is 1.71 bits per heavy atom. The maximum atomic E-state index is 13.1. The molecule has 1 N–H and O–H groups in total. The second-order valence-electron chi connectivity index (χ2n) is 7.28. The van der Waals surface area contributed by atoms with E-state index in [1.54, 1.807) is 33.8 Å². The predicted molar refractivity (Wildman–Crippen MR) is 116 cm³/mol. The number of ether oxygens (including phenoxy) is 3. The Morgan fingerprint density at radius 3 is 2.23 bits per heavy atom. The summed E-state index contributed by atoms with van der Waals surface area (Å²) in [6, 6.07) is 5.91. The third-order valence-corrected chi connectivity index (χ3v) is 6.77. The van der Waals surface area contributed by atoms with Crippen molar-refractivity contribution in [2.45, 2.75) is 63.5 Å². The molecule has 1 rings (SSSR count). The van der Waals surface area contributed by atoms with Gasteiger partial charge in [0.15, 0.2) is 0 Å². The van der Waals surface area contributed by atoms with E-state index in [0.29, 0.717) is 0 Å². The van der Waals surface area contributed by atoms with Crippen LogP contribution in [-0.4, -0.2) is 69.6 Å². The van der Waals surface area contributed by atoms with Crippen molar-refractivity contribution >= 4 is 29.3 Å². The van der Waals surface area contributed by atoms with E-state index in [-0.39, 0.29) is 43.0 Å². The first-order chi connectivity index (χ1) is 14.5. The Bertz CT molecular complexity index is 720. The molecule has 0 fully saturated rings. The fourth-order valence-electron chi connectivity index (χ4n) is 2.71. The van der Waals surface area contributed by atoms with Gasteiger partial charge in [-0.2, -0.15) is 0 Å². The van der Waals surface area contributed by atoms with Crippen LogP contribution in [0.5, 0.6) is 0 Å². The van der Waals surface area contributed by atoms with E-state index in [4.69, 9.17) is 23.3 Å². The molecule has 2 unspecified atom stereocenters. The van der Waals surface area contributed by atoms with Crippen molar-refractivity contribution in [2.75, 3.05) is 20.3 Å². The van der Waals surface area contributed by atoms with Crippen molar-refractivity contribution in [1.29, 1.82) is 0 Å². The van der Waals surface area contributed by atoms with Crippen LogP contribution < -0.4 is 0 Å². The molecule has 10 nitrogen and oxygen atoms in total. The van der Waals surface area contributed by atoms with Crippen LogP contribution in [0.25, 0.3) is 0 Å². The zero-order valence-electron chi connectivity index (χ0n) is 18.4. The number of nitro groups is 1. The number of methoxy groups -OCH3 is 1. The number of aliphatic hydroxyl groups excluding tert-OH is 1. The van der Waals surface area contributed by atoms with Gasteiger partial charge >= 0.3 is 191 Å². The Kier molecular flexibility index (Phi) is 12.4. The van der Waals surface area contributed by atoms with Gasteiger partial charge in [0.2, 0.25) is 0 Å². The fraction of sp³-hybridized carbons (Fsp3) is 0.684. The van der Waals surface area contributed by atoms with Crippen molar-refractivity contribution in [3.05, 3.63) is 39.9 Å². The number of rotatable bonds is 15. The third kappa shape index (κ3) is 10.1. The van der Waals surface area contributed by atoms with Crippen molar-refractivity contribution in [3.8, 4) is 0 Å². The molecule has 0 bridgehead atoms. The van der Waals surface area contributed by atoms with Crippen LogP contribution in [0.3, 0.4) is 0 Å². The zero-order chi connectivity index (χ0) is 23.6. The molecule has 0 saturated carbocycles. The van der Waals surface area contributed by atoms with E-state index in [2.05, 4.69) is 16.0 Å². The quantitative estimate of drug-likeness (QED) is 0.120. The van der Waals surface area contributed by atoms with E-state index in [0.717, 1.165) is 0 Å².